The molecule has 124 valence electrons. The Morgan fingerprint density at radius 1 is 0.833 bits per heavy atom. The molecule has 0 fully saturated rings. The van der Waals surface area contributed by atoms with Crippen molar-refractivity contribution in [2.24, 2.45) is 0 Å². The molecule has 0 amide bonds. The first-order valence-electron chi connectivity index (χ1n) is 9.09. The molecule has 0 radical (unpaired) electrons. The zero-order valence-corrected chi connectivity index (χ0v) is 14.8. The van der Waals surface area contributed by atoms with Gasteiger partial charge in [0.2, 0.25) is 0 Å². The first-order valence-corrected chi connectivity index (χ1v) is 9.09. The normalized spacial score (nSPS) is 10.9. The van der Waals surface area contributed by atoms with E-state index in [1.54, 1.807) is 0 Å². The minimum Gasteiger partial charge on any atom is -0.318 e. The Bertz CT molecular complexity index is 753. The predicted octanol–water partition coefficient (Wildman–Crippen LogP) is 6.11. The smallest absolute Gasteiger partial charge is 0.0455 e. The molecule has 24 heavy (non-hydrogen) atoms. The summed E-state index contributed by atoms with van der Waals surface area (Å²) < 4.78 is 2.44. The van der Waals surface area contributed by atoms with Crippen LogP contribution in [0.2, 0.25) is 0 Å². The van der Waals surface area contributed by atoms with E-state index in [4.69, 9.17) is 0 Å². The molecule has 1 nitrogen and oxygen atoms in total. The van der Waals surface area contributed by atoms with E-state index in [2.05, 4.69) is 85.1 Å². The largest absolute Gasteiger partial charge is 0.318 e. The molecule has 0 bridgehead atoms. The Balaban J connectivity index is 2.00. The summed E-state index contributed by atoms with van der Waals surface area (Å²) in [7, 11) is 0. The van der Waals surface area contributed by atoms with Gasteiger partial charge in [-0.15, -0.1) is 0 Å². The van der Waals surface area contributed by atoms with E-state index in [1.807, 2.05) is 0 Å². The van der Waals surface area contributed by atoms with Gasteiger partial charge in [-0.05, 0) is 49.1 Å². The average molecular weight is 317 g/mol. The van der Waals surface area contributed by atoms with E-state index < -0.39 is 0 Å². The number of benzene rings is 2. The summed E-state index contributed by atoms with van der Waals surface area (Å²) in [5.74, 6) is 0. The summed E-state index contributed by atoms with van der Waals surface area (Å²) in [5, 5.41) is 0. The van der Waals surface area contributed by atoms with Gasteiger partial charge in [0.05, 0.1) is 0 Å². The lowest BCUT2D eigenvalue weighted by Gasteiger charge is -2.14. The Labute approximate surface area is 146 Å². The predicted molar refractivity (Wildman–Crippen MR) is 103 cm³/mol. The third-order valence-electron chi connectivity index (χ3n) is 4.65. The first kappa shape index (κ1) is 16.6. The molecule has 0 aliphatic rings. The average Bonchev–Trinajstić information content (AvgIpc) is 2.92. The van der Waals surface area contributed by atoms with Crippen LogP contribution in [0.5, 0.6) is 0 Å². The van der Waals surface area contributed by atoms with Crippen LogP contribution in [0.1, 0.15) is 48.7 Å². The van der Waals surface area contributed by atoms with Crippen LogP contribution in [0.25, 0.3) is 5.69 Å². The summed E-state index contributed by atoms with van der Waals surface area (Å²) in [6.45, 7) is 4.50. The van der Waals surface area contributed by atoms with E-state index >= 15 is 0 Å². The topological polar surface area (TPSA) is 4.93 Å². The van der Waals surface area contributed by atoms with Gasteiger partial charge in [0.15, 0.2) is 0 Å². The van der Waals surface area contributed by atoms with Crippen LogP contribution in [0.4, 0.5) is 0 Å². The van der Waals surface area contributed by atoms with Gasteiger partial charge in [-0.1, -0.05) is 68.3 Å². The van der Waals surface area contributed by atoms with Crippen molar-refractivity contribution in [2.45, 2.75) is 46.0 Å². The highest BCUT2D eigenvalue weighted by Crippen LogP contribution is 2.25. The van der Waals surface area contributed by atoms with Crippen LogP contribution in [-0.4, -0.2) is 4.57 Å². The van der Waals surface area contributed by atoms with Crippen molar-refractivity contribution in [3.8, 4) is 5.69 Å². The number of nitrogens with zero attached hydrogens (tertiary/aromatic N) is 1. The summed E-state index contributed by atoms with van der Waals surface area (Å²) >= 11 is 0. The molecule has 1 heteroatoms. The zero-order chi connectivity index (χ0) is 16.8. The molecule has 2 aromatic carbocycles. The van der Waals surface area contributed by atoms with E-state index in [0.29, 0.717) is 0 Å². The van der Waals surface area contributed by atoms with Gasteiger partial charge in [0.25, 0.3) is 0 Å². The van der Waals surface area contributed by atoms with Gasteiger partial charge in [-0.3, -0.25) is 0 Å². The molecule has 0 saturated carbocycles. The van der Waals surface area contributed by atoms with E-state index in [-0.39, 0.29) is 0 Å². The molecule has 0 saturated heterocycles. The number of aryl methyl sites for hydroxylation is 2. The Morgan fingerprint density at radius 2 is 1.50 bits per heavy atom. The second kappa shape index (κ2) is 8.01. The molecule has 3 aromatic rings. The molecule has 0 aliphatic carbocycles. The number of hydrogen-bond donors (Lipinski definition) is 0. The van der Waals surface area contributed by atoms with Crippen LogP contribution >= 0.6 is 0 Å². The molecule has 0 unspecified atom stereocenters. The highest BCUT2D eigenvalue weighted by molar-refractivity contribution is 5.43. The third-order valence-corrected chi connectivity index (χ3v) is 4.65. The first-order chi connectivity index (χ1) is 11.8. The van der Waals surface area contributed by atoms with Crippen LogP contribution < -0.4 is 0 Å². The summed E-state index contributed by atoms with van der Waals surface area (Å²) in [4.78, 5) is 0. The summed E-state index contributed by atoms with van der Waals surface area (Å²) in [6, 6.07) is 23.9. The molecule has 1 heterocycles. The van der Waals surface area contributed by atoms with Gasteiger partial charge in [-0.2, -0.15) is 0 Å². The summed E-state index contributed by atoms with van der Waals surface area (Å²) in [5.41, 5.74) is 6.93. The fraction of sp³-hybridized carbons (Fsp3) is 0.304. The maximum Gasteiger partial charge on any atom is 0.0455 e. The Kier molecular flexibility index (Phi) is 5.53. The van der Waals surface area contributed by atoms with Gasteiger partial charge >= 0.3 is 0 Å². The van der Waals surface area contributed by atoms with Crippen molar-refractivity contribution in [1.82, 2.24) is 4.57 Å². The van der Waals surface area contributed by atoms with Crippen LogP contribution in [0, 0.1) is 6.92 Å². The fourth-order valence-electron chi connectivity index (χ4n) is 3.46. The lowest BCUT2D eigenvalue weighted by molar-refractivity contribution is 0.712. The van der Waals surface area contributed by atoms with Crippen molar-refractivity contribution in [3.05, 3.63) is 89.2 Å². The maximum absolute atomic E-state index is 2.44. The number of rotatable bonds is 7. The number of aromatic nitrogens is 1. The van der Waals surface area contributed by atoms with Crippen LogP contribution in [0.3, 0.4) is 0 Å². The fourth-order valence-corrected chi connectivity index (χ4v) is 3.46. The van der Waals surface area contributed by atoms with Crippen LogP contribution in [0.15, 0.2) is 66.7 Å². The van der Waals surface area contributed by atoms with Gasteiger partial charge in [0, 0.05) is 23.5 Å². The van der Waals surface area contributed by atoms with Gasteiger partial charge < -0.3 is 4.57 Å². The third kappa shape index (κ3) is 3.79. The van der Waals surface area contributed by atoms with Crippen molar-refractivity contribution < 1.29 is 0 Å². The molecule has 0 aliphatic heterocycles. The van der Waals surface area contributed by atoms with E-state index in [0.717, 1.165) is 6.42 Å². The minimum absolute atomic E-state index is 0.991. The lowest BCUT2D eigenvalue weighted by atomic mass is 10.0. The zero-order valence-electron chi connectivity index (χ0n) is 14.8. The SMILES string of the molecule is CCCCCc1cc(C)n(-c2ccccc2)c1Cc1ccccc1. The quantitative estimate of drug-likeness (QED) is 0.463. The highest BCUT2D eigenvalue weighted by Gasteiger charge is 2.14. The molecule has 0 atom stereocenters. The molecule has 1 aromatic heterocycles. The Hall–Kier alpha value is -2.28. The Morgan fingerprint density at radius 3 is 2.17 bits per heavy atom. The number of hydrogen-bond acceptors (Lipinski definition) is 0. The van der Waals surface area contributed by atoms with Crippen molar-refractivity contribution in [1.29, 1.82) is 0 Å². The van der Waals surface area contributed by atoms with Crippen molar-refractivity contribution >= 4 is 0 Å². The van der Waals surface area contributed by atoms with Crippen LogP contribution in [-0.2, 0) is 12.8 Å². The minimum atomic E-state index is 0.991. The monoisotopic (exact) mass is 317 g/mol. The summed E-state index contributed by atoms with van der Waals surface area (Å²) in [6.07, 6.45) is 6.02. The second-order valence-corrected chi connectivity index (χ2v) is 6.55. The van der Waals surface area contributed by atoms with Gasteiger partial charge in [-0.25, -0.2) is 0 Å². The van der Waals surface area contributed by atoms with E-state index in [9.17, 15) is 0 Å². The lowest BCUT2D eigenvalue weighted by Crippen LogP contribution is -2.05. The van der Waals surface area contributed by atoms with Crippen molar-refractivity contribution in [3.63, 3.8) is 0 Å². The molecular formula is C23H27N. The second-order valence-electron chi connectivity index (χ2n) is 6.55. The standard InChI is InChI=1S/C23H27N/c1-3-4-7-14-21-17-19(2)24(22-15-10-6-11-16-22)23(21)18-20-12-8-5-9-13-20/h5-6,8-13,15-17H,3-4,7,14,18H2,1-2H3. The highest BCUT2D eigenvalue weighted by atomic mass is 15.0. The van der Waals surface area contributed by atoms with E-state index in [1.165, 1.54) is 53.9 Å². The molecule has 0 N–H and O–H groups in total. The molecule has 0 spiro atoms. The molecular weight excluding hydrogens is 290 g/mol. The number of para-hydroxylation sites is 1. The maximum atomic E-state index is 2.44. The molecule has 3 rings (SSSR count). The number of unbranched alkanes of at least 4 members (excludes halogenated alkanes) is 2. The van der Waals surface area contributed by atoms with Gasteiger partial charge in [0.1, 0.15) is 0 Å². The van der Waals surface area contributed by atoms with Crippen molar-refractivity contribution in [2.75, 3.05) is 0 Å².